The Morgan fingerprint density at radius 2 is 2.18 bits per heavy atom. The second kappa shape index (κ2) is 5.27. The van der Waals surface area contributed by atoms with Crippen molar-refractivity contribution in [2.24, 2.45) is 0 Å². The molecule has 0 N–H and O–H groups in total. The zero-order chi connectivity index (χ0) is 12.4. The fraction of sp³-hybridized carbons (Fsp3) is 0.308. The van der Waals surface area contributed by atoms with E-state index in [0.29, 0.717) is 0 Å². The highest BCUT2D eigenvalue weighted by atomic mass is 79.9. The molecule has 0 aliphatic heterocycles. The first-order valence-electron chi connectivity index (χ1n) is 5.38. The molecule has 0 saturated heterocycles. The van der Waals surface area contributed by atoms with Crippen molar-refractivity contribution in [3.8, 4) is 0 Å². The second-order valence-electron chi connectivity index (χ2n) is 3.98. The number of aryl methyl sites for hydroxylation is 2. The van der Waals surface area contributed by atoms with Crippen molar-refractivity contribution in [1.82, 2.24) is 4.98 Å². The van der Waals surface area contributed by atoms with Gasteiger partial charge in [-0.15, -0.1) is 11.3 Å². The molecule has 2 aromatic rings. The number of benzene rings is 1. The van der Waals surface area contributed by atoms with Crippen LogP contribution in [-0.4, -0.2) is 4.98 Å². The van der Waals surface area contributed by atoms with Crippen molar-refractivity contribution >= 4 is 27.3 Å². The third-order valence-corrected chi connectivity index (χ3v) is 4.80. The zero-order valence-corrected chi connectivity index (χ0v) is 12.1. The van der Waals surface area contributed by atoms with Crippen molar-refractivity contribution in [2.45, 2.75) is 25.1 Å². The molecule has 0 spiro atoms. The monoisotopic (exact) mass is 313 g/mol. The van der Waals surface area contributed by atoms with Crippen LogP contribution in [0.25, 0.3) is 0 Å². The van der Waals surface area contributed by atoms with Crippen molar-refractivity contribution < 1.29 is 4.39 Å². The van der Waals surface area contributed by atoms with Gasteiger partial charge in [0.1, 0.15) is 5.82 Å². The van der Waals surface area contributed by atoms with Gasteiger partial charge < -0.3 is 0 Å². The summed E-state index contributed by atoms with van der Waals surface area (Å²) in [5.74, 6) is -0.181. The highest BCUT2D eigenvalue weighted by Gasteiger charge is 2.15. The first-order valence-corrected chi connectivity index (χ1v) is 7.12. The molecule has 0 amide bonds. The lowest BCUT2D eigenvalue weighted by Crippen LogP contribution is -1.95. The summed E-state index contributed by atoms with van der Waals surface area (Å²) >= 11 is 5.35. The Balaban J connectivity index is 2.16. The van der Waals surface area contributed by atoms with Gasteiger partial charge in [0, 0.05) is 4.88 Å². The molecule has 2 rings (SSSR count). The Hall–Kier alpha value is -0.740. The molecular formula is C13H13BrFNS. The lowest BCUT2D eigenvalue weighted by Gasteiger charge is -2.08. The molecule has 1 aromatic heterocycles. The molecule has 0 bridgehead atoms. The van der Waals surface area contributed by atoms with Crippen LogP contribution in [0.15, 0.2) is 24.3 Å². The van der Waals surface area contributed by atoms with E-state index in [4.69, 9.17) is 0 Å². The molecule has 0 fully saturated rings. The molecule has 1 unspecified atom stereocenters. The lowest BCUT2D eigenvalue weighted by molar-refractivity contribution is 0.625. The molecular weight excluding hydrogens is 301 g/mol. The van der Waals surface area contributed by atoms with E-state index in [9.17, 15) is 4.39 Å². The number of nitrogens with zero attached hydrogens (tertiary/aromatic N) is 1. The van der Waals surface area contributed by atoms with Crippen LogP contribution < -0.4 is 0 Å². The number of halogens is 2. The molecule has 0 radical (unpaired) electrons. The molecule has 90 valence electrons. The Bertz CT molecular complexity index is 524. The Labute approximate surface area is 113 Å². The van der Waals surface area contributed by atoms with Gasteiger partial charge in [0.25, 0.3) is 0 Å². The summed E-state index contributed by atoms with van der Waals surface area (Å²) in [7, 11) is 0. The molecule has 1 nitrogen and oxygen atoms in total. The molecule has 0 saturated carbocycles. The maximum Gasteiger partial charge on any atom is 0.123 e. The van der Waals surface area contributed by atoms with E-state index in [0.717, 1.165) is 22.7 Å². The van der Waals surface area contributed by atoms with Crippen LogP contribution in [0.3, 0.4) is 0 Å². The average molecular weight is 314 g/mol. The topological polar surface area (TPSA) is 12.9 Å². The molecule has 0 aliphatic carbocycles. The Morgan fingerprint density at radius 3 is 2.76 bits per heavy atom. The van der Waals surface area contributed by atoms with E-state index in [1.807, 2.05) is 19.9 Å². The van der Waals surface area contributed by atoms with Gasteiger partial charge in [-0.3, -0.25) is 0 Å². The predicted molar refractivity (Wildman–Crippen MR) is 73.4 cm³/mol. The van der Waals surface area contributed by atoms with Crippen molar-refractivity contribution in [3.05, 3.63) is 51.2 Å². The molecule has 1 aromatic carbocycles. The van der Waals surface area contributed by atoms with Gasteiger partial charge in [-0.2, -0.15) is 0 Å². The highest BCUT2D eigenvalue weighted by molar-refractivity contribution is 9.09. The Morgan fingerprint density at radius 1 is 1.41 bits per heavy atom. The summed E-state index contributed by atoms with van der Waals surface area (Å²) < 4.78 is 13.1. The summed E-state index contributed by atoms with van der Waals surface area (Å²) in [4.78, 5) is 5.84. The lowest BCUT2D eigenvalue weighted by atomic mass is 10.1. The number of rotatable bonds is 3. The number of aromatic nitrogens is 1. The van der Waals surface area contributed by atoms with E-state index in [-0.39, 0.29) is 10.6 Å². The number of thiazole rings is 1. The maximum atomic E-state index is 13.1. The van der Waals surface area contributed by atoms with E-state index in [2.05, 4.69) is 20.9 Å². The normalized spacial score (nSPS) is 12.7. The summed E-state index contributed by atoms with van der Waals surface area (Å²) in [6.45, 7) is 4.02. The Kier molecular flexibility index (Phi) is 3.94. The van der Waals surface area contributed by atoms with Crippen molar-refractivity contribution in [2.75, 3.05) is 0 Å². The van der Waals surface area contributed by atoms with E-state index in [1.54, 1.807) is 23.5 Å². The fourth-order valence-electron chi connectivity index (χ4n) is 1.80. The van der Waals surface area contributed by atoms with Crippen LogP contribution in [0.2, 0.25) is 0 Å². The quantitative estimate of drug-likeness (QED) is 0.756. The number of hydrogen-bond donors (Lipinski definition) is 0. The van der Waals surface area contributed by atoms with Crippen LogP contribution >= 0.6 is 27.3 Å². The molecule has 1 atom stereocenters. The minimum Gasteiger partial charge on any atom is -0.247 e. The molecule has 17 heavy (non-hydrogen) atoms. The van der Waals surface area contributed by atoms with Crippen LogP contribution in [-0.2, 0) is 6.42 Å². The van der Waals surface area contributed by atoms with Crippen LogP contribution in [0.1, 0.15) is 26.0 Å². The van der Waals surface area contributed by atoms with Gasteiger partial charge in [0.15, 0.2) is 0 Å². The third-order valence-electron chi connectivity index (χ3n) is 2.53. The first-order chi connectivity index (χ1) is 8.06. The van der Waals surface area contributed by atoms with E-state index >= 15 is 0 Å². The minimum absolute atomic E-state index is 0.181. The maximum absolute atomic E-state index is 13.1. The zero-order valence-electron chi connectivity index (χ0n) is 9.71. The SMILES string of the molecule is Cc1nc(C)c(C(Br)Cc2cccc(F)c2)s1. The predicted octanol–water partition coefficient (Wildman–Crippen LogP) is 4.58. The smallest absolute Gasteiger partial charge is 0.123 e. The minimum atomic E-state index is -0.181. The van der Waals surface area contributed by atoms with Crippen LogP contribution in [0, 0.1) is 19.7 Å². The van der Waals surface area contributed by atoms with Gasteiger partial charge >= 0.3 is 0 Å². The summed E-state index contributed by atoms with van der Waals surface area (Å²) in [6, 6.07) is 6.74. The van der Waals surface area contributed by atoms with Gasteiger partial charge in [0.2, 0.25) is 0 Å². The average Bonchev–Trinajstić information content (AvgIpc) is 2.58. The summed E-state index contributed by atoms with van der Waals surface area (Å²) in [5, 5.41) is 1.07. The molecule has 1 heterocycles. The number of hydrogen-bond acceptors (Lipinski definition) is 2. The van der Waals surface area contributed by atoms with Crippen molar-refractivity contribution in [1.29, 1.82) is 0 Å². The van der Waals surface area contributed by atoms with Gasteiger partial charge in [-0.05, 0) is 38.0 Å². The largest absolute Gasteiger partial charge is 0.247 e. The van der Waals surface area contributed by atoms with Gasteiger partial charge in [0.05, 0.1) is 15.5 Å². The van der Waals surface area contributed by atoms with Gasteiger partial charge in [-0.25, -0.2) is 9.37 Å². The molecule has 0 aliphatic rings. The van der Waals surface area contributed by atoms with Crippen molar-refractivity contribution in [3.63, 3.8) is 0 Å². The number of alkyl halides is 1. The van der Waals surface area contributed by atoms with E-state index in [1.165, 1.54) is 10.9 Å². The fourth-order valence-corrected chi connectivity index (χ4v) is 3.69. The highest BCUT2D eigenvalue weighted by Crippen LogP contribution is 2.33. The van der Waals surface area contributed by atoms with Gasteiger partial charge in [-0.1, -0.05) is 28.1 Å². The van der Waals surface area contributed by atoms with E-state index < -0.39 is 0 Å². The van der Waals surface area contributed by atoms with Crippen LogP contribution in [0.4, 0.5) is 4.39 Å². The molecule has 4 heteroatoms. The summed E-state index contributed by atoms with van der Waals surface area (Å²) in [6.07, 6.45) is 0.778. The first kappa shape index (κ1) is 12.7. The second-order valence-corrected chi connectivity index (χ2v) is 6.32. The van der Waals surface area contributed by atoms with Crippen LogP contribution in [0.5, 0.6) is 0 Å². The third kappa shape index (κ3) is 3.13. The summed E-state index contributed by atoms with van der Waals surface area (Å²) in [5.41, 5.74) is 2.06. The standard InChI is InChI=1S/C13H13BrFNS/c1-8-13(17-9(2)16-8)12(14)7-10-4-3-5-11(15)6-10/h3-6,12H,7H2,1-2H3.